The molecule has 1 heterocycles. The van der Waals surface area contributed by atoms with Crippen molar-refractivity contribution in [2.24, 2.45) is 5.41 Å². The molecule has 3 nitrogen and oxygen atoms in total. The SMILES string of the molecule is CC1(C#N)CCN(C(=O)c2cc(Cl)cc(Br)c2)CC1. The summed E-state index contributed by atoms with van der Waals surface area (Å²) in [6.07, 6.45) is 1.44. The largest absolute Gasteiger partial charge is 0.339 e. The summed E-state index contributed by atoms with van der Waals surface area (Å²) >= 11 is 9.29. The Morgan fingerprint density at radius 1 is 1.42 bits per heavy atom. The standard InChI is InChI=1S/C14H14BrClN2O/c1-14(9-17)2-4-18(5-3-14)13(19)10-6-11(15)8-12(16)7-10/h6-8H,2-5H2,1H3. The van der Waals surface area contributed by atoms with Crippen molar-refractivity contribution in [3.8, 4) is 6.07 Å². The molecule has 0 unspecified atom stereocenters. The van der Waals surface area contributed by atoms with Crippen molar-refractivity contribution in [2.75, 3.05) is 13.1 Å². The Balaban J connectivity index is 2.12. The van der Waals surface area contributed by atoms with Crippen molar-refractivity contribution < 1.29 is 4.79 Å². The van der Waals surface area contributed by atoms with Gasteiger partial charge in [0.1, 0.15) is 0 Å². The van der Waals surface area contributed by atoms with E-state index >= 15 is 0 Å². The van der Waals surface area contributed by atoms with Crippen molar-refractivity contribution in [3.05, 3.63) is 33.3 Å². The molecule has 0 aromatic heterocycles. The molecule has 100 valence electrons. The van der Waals surface area contributed by atoms with Crippen molar-refractivity contribution in [3.63, 3.8) is 0 Å². The number of nitrogens with zero attached hydrogens (tertiary/aromatic N) is 2. The molecule has 1 fully saturated rings. The smallest absolute Gasteiger partial charge is 0.253 e. The Morgan fingerprint density at radius 2 is 2.05 bits per heavy atom. The highest BCUT2D eigenvalue weighted by Gasteiger charge is 2.32. The van der Waals surface area contributed by atoms with Crippen molar-refractivity contribution in [1.82, 2.24) is 4.90 Å². The molecule has 0 atom stereocenters. The highest BCUT2D eigenvalue weighted by molar-refractivity contribution is 9.10. The van der Waals surface area contributed by atoms with Crippen LogP contribution in [0.4, 0.5) is 0 Å². The molecule has 0 bridgehead atoms. The lowest BCUT2D eigenvalue weighted by molar-refractivity contribution is 0.0661. The average molecular weight is 342 g/mol. The first-order valence-electron chi connectivity index (χ1n) is 6.10. The van der Waals surface area contributed by atoms with E-state index in [4.69, 9.17) is 16.9 Å². The normalized spacial score (nSPS) is 17.9. The van der Waals surface area contributed by atoms with E-state index in [0.29, 0.717) is 23.7 Å². The predicted molar refractivity (Wildman–Crippen MR) is 78.0 cm³/mol. The molecule has 1 saturated heterocycles. The molecular formula is C14H14BrClN2O. The fourth-order valence-corrected chi connectivity index (χ4v) is 3.04. The molecule has 1 aliphatic rings. The maximum absolute atomic E-state index is 12.4. The Bertz CT molecular complexity index is 525. The van der Waals surface area contributed by atoms with Crippen molar-refractivity contribution >= 4 is 33.4 Å². The summed E-state index contributed by atoms with van der Waals surface area (Å²) in [4.78, 5) is 14.2. The molecule has 0 N–H and O–H groups in total. The van der Waals surface area contributed by atoms with Crippen LogP contribution in [0.25, 0.3) is 0 Å². The summed E-state index contributed by atoms with van der Waals surface area (Å²) < 4.78 is 0.794. The number of benzene rings is 1. The fourth-order valence-electron chi connectivity index (χ4n) is 2.18. The first kappa shape index (κ1) is 14.4. The number of carbonyl (C=O) groups excluding carboxylic acids is 1. The van der Waals surface area contributed by atoms with Crippen LogP contribution in [0.2, 0.25) is 5.02 Å². The van der Waals surface area contributed by atoms with Crippen molar-refractivity contribution in [2.45, 2.75) is 19.8 Å². The molecule has 0 radical (unpaired) electrons. The van der Waals surface area contributed by atoms with Gasteiger partial charge in [-0.05, 0) is 38.0 Å². The highest BCUT2D eigenvalue weighted by atomic mass is 79.9. The number of nitriles is 1. The number of rotatable bonds is 1. The molecule has 19 heavy (non-hydrogen) atoms. The van der Waals surface area contributed by atoms with Gasteiger partial charge < -0.3 is 4.90 Å². The van der Waals surface area contributed by atoms with Crippen molar-refractivity contribution in [1.29, 1.82) is 5.26 Å². The Kier molecular flexibility index (Phi) is 4.17. The quantitative estimate of drug-likeness (QED) is 0.778. The van der Waals surface area contributed by atoms with E-state index in [2.05, 4.69) is 22.0 Å². The van der Waals surface area contributed by atoms with Crippen LogP contribution in [0.15, 0.2) is 22.7 Å². The third-order valence-electron chi connectivity index (χ3n) is 3.53. The van der Waals surface area contributed by atoms with Gasteiger partial charge in [0.25, 0.3) is 5.91 Å². The summed E-state index contributed by atoms with van der Waals surface area (Å²) in [6.45, 7) is 3.19. The Morgan fingerprint density at radius 3 is 2.58 bits per heavy atom. The number of hydrogen-bond acceptors (Lipinski definition) is 2. The molecule has 2 rings (SSSR count). The van der Waals surface area contributed by atoms with E-state index in [-0.39, 0.29) is 11.3 Å². The summed E-state index contributed by atoms with van der Waals surface area (Å²) in [7, 11) is 0. The van der Waals surface area contributed by atoms with E-state index in [1.54, 1.807) is 23.1 Å². The Labute approximate surface area is 126 Å². The summed E-state index contributed by atoms with van der Waals surface area (Å²) in [6, 6.07) is 7.53. The minimum absolute atomic E-state index is 0.0248. The van der Waals surface area contributed by atoms with E-state index in [9.17, 15) is 4.79 Å². The van der Waals surface area contributed by atoms with Crippen LogP contribution in [0.1, 0.15) is 30.1 Å². The van der Waals surface area contributed by atoms with Gasteiger partial charge in [-0.25, -0.2) is 0 Å². The molecule has 1 aromatic rings. The van der Waals surface area contributed by atoms with Gasteiger partial charge in [-0.3, -0.25) is 4.79 Å². The number of amides is 1. The van der Waals surface area contributed by atoms with Gasteiger partial charge in [-0.2, -0.15) is 5.26 Å². The zero-order chi connectivity index (χ0) is 14.0. The minimum Gasteiger partial charge on any atom is -0.339 e. The molecule has 5 heteroatoms. The van der Waals surface area contributed by atoms with Crippen LogP contribution < -0.4 is 0 Å². The summed E-state index contributed by atoms with van der Waals surface area (Å²) in [5, 5.41) is 9.63. The Hall–Kier alpha value is -1.05. The van der Waals surface area contributed by atoms with Crippen LogP contribution in [0.3, 0.4) is 0 Å². The number of carbonyl (C=O) groups is 1. The van der Waals surface area contributed by atoms with E-state index in [1.165, 1.54) is 0 Å². The van der Waals surface area contributed by atoms with Crippen LogP contribution in [0.5, 0.6) is 0 Å². The molecule has 0 saturated carbocycles. The second-order valence-electron chi connectivity index (χ2n) is 5.12. The molecule has 1 aliphatic heterocycles. The number of halogens is 2. The van der Waals surface area contributed by atoms with Gasteiger partial charge in [-0.15, -0.1) is 0 Å². The second-order valence-corrected chi connectivity index (χ2v) is 6.47. The monoisotopic (exact) mass is 340 g/mol. The third-order valence-corrected chi connectivity index (χ3v) is 4.21. The summed E-state index contributed by atoms with van der Waals surface area (Å²) in [5.74, 6) is -0.0248. The lowest BCUT2D eigenvalue weighted by Gasteiger charge is -2.35. The maximum atomic E-state index is 12.4. The van der Waals surface area contributed by atoms with Gasteiger partial charge >= 0.3 is 0 Å². The van der Waals surface area contributed by atoms with E-state index in [0.717, 1.165) is 17.3 Å². The van der Waals surface area contributed by atoms with Gasteiger partial charge in [0.2, 0.25) is 0 Å². The first-order valence-corrected chi connectivity index (χ1v) is 7.27. The molecular weight excluding hydrogens is 328 g/mol. The number of piperidine rings is 1. The highest BCUT2D eigenvalue weighted by Crippen LogP contribution is 2.30. The van der Waals surface area contributed by atoms with Gasteiger partial charge in [0.15, 0.2) is 0 Å². The fraction of sp³-hybridized carbons (Fsp3) is 0.429. The molecule has 1 aromatic carbocycles. The maximum Gasteiger partial charge on any atom is 0.253 e. The zero-order valence-electron chi connectivity index (χ0n) is 10.6. The zero-order valence-corrected chi connectivity index (χ0v) is 13.0. The molecule has 0 spiro atoms. The predicted octanol–water partition coefficient (Wildman–Crippen LogP) is 3.87. The van der Waals surface area contributed by atoms with Crippen LogP contribution in [-0.2, 0) is 0 Å². The average Bonchev–Trinajstić information content (AvgIpc) is 2.38. The number of hydrogen-bond donors (Lipinski definition) is 0. The van der Waals surface area contributed by atoms with Crippen LogP contribution in [0, 0.1) is 16.7 Å². The molecule has 1 amide bonds. The molecule has 0 aliphatic carbocycles. The van der Waals surface area contributed by atoms with Gasteiger partial charge in [0.05, 0.1) is 11.5 Å². The third kappa shape index (κ3) is 3.29. The first-order chi connectivity index (χ1) is 8.93. The van der Waals surface area contributed by atoms with E-state index in [1.807, 2.05) is 6.92 Å². The minimum atomic E-state index is -0.300. The second kappa shape index (κ2) is 5.52. The van der Waals surface area contributed by atoms with Crippen LogP contribution >= 0.6 is 27.5 Å². The lowest BCUT2D eigenvalue weighted by Crippen LogP contribution is -2.41. The topological polar surface area (TPSA) is 44.1 Å². The van der Waals surface area contributed by atoms with E-state index < -0.39 is 0 Å². The summed E-state index contributed by atoms with van der Waals surface area (Å²) in [5.41, 5.74) is 0.283. The number of likely N-dealkylation sites (tertiary alicyclic amines) is 1. The van der Waals surface area contributed by atoms with Crippen LogP contribution in [-0.4, -0.2) is 23.9 Å². The van der Waals surface area contributed by atoms with Gasteiger partial charge in [-0.1, -0.05) is 27.5 Å². The van der Waals surface area contributed by atoms with Gasteiger partial charge in [0, 0.05) is 28.1 Å². The lowest BCUT2D eigenvalue weighted by atomic mass is 9.82.